The summed E-state index contributed by atoms with van der Waals surface area (Å²) in [6, 6.07) is 0. The van der Waals surface area contributed by atoms with E-state index in [1.807, 2.05) is 0 Å². The van der Waals surface area contributed by atoms with Gasteiger partial charge in [0.05, 0.1) is 12.7 Å². The standard InChI is InChI=1S/C10H20O/c1-3-4-5-6-9(2)7-10-8-11-10/h9-10H,3-8H2,1-2H3/t9-,10+/m1/s1. The third kappa shape index (κ3) is 4.41. The average Bonchev–Trinajstić information content (AvgIpc) is 2.72. The Hall–Kier alpha value is -0.0400. The van der Waals surface area contributed by atoms with E-state index in [1.165, 1.54) is 32.1 Å². The molecule has 0 N–H and O–H groups in total. The van der Waals surface area contributed by atoms with E-state index in [9.17, 15) is 0 Å². The molecule has 0 saturated carbocycles. The lowest BCUT2D eigenvalue weighted by Gasteiger charge is -2.07. The van der Waals surface area contributed by atoms with Crippen molar-refractivity contribution >= 4 is 0 Å². The van der Waals surface area contributed by atoms with Crippen LogP contribution in [-0.4, -0.2) is 12.7 Å². The zero-order valence-electron chi connectivity index (χ0n) is 7.81. The van der Waals surface area contributed by atoms with Crippen molar-refractivity contribution in [3.63, 3.8) is 0 Å². The summed E-state index contributed by atoms with van der Waals surface area (Å²) in [4.78, 5) is 0. The molecule has 1 aliphatic heterocycles. The smallest absolute Gasteiger partial charge is 0.0812 e. The quantitative estimate of drug-likeness (QED) is 0.425. The number of ether oxygens (including phenoxy) is 1. The fourth-order valence-corrected chi connectivity index (χ4v) is 1.51. The number of epoxide rings is 1. The van der Waals surface area contributed by atoms with Crippen LogP contribution in [0.15, 0.2) is 0 Å². The normalized spacial score (nSPS) is 25.1. The summed E-state index contributed by atoms with van der Waals surface area (Å²) in [5.74, 6) is 0.883. The van der Waals surface area contributed by atoms with Crippen LogP contribution in [0.3, 0.4) is 0 Å². The van der Waals surface area contributed by atoms with Gasteiger partial charge in [0.2, 0.25) is 0 Å². The van der Waals surface area contributed by atoms with Crippen LogP contribution in [-0.2, 0) is 4.74 Å². The van der Waals surface area contributed by atoms with Gasteiger partial charge in [-0.1, -0.05) is 39.5 Å². The van der Waals surface area contributed by atoms with Gasteiger partial charge in [0.15, 0.2) is 0 Å². The average molecular weight is 156 g/mol. The Morgan fingerprint density at radius 3 is 2.73 bits per heavy atom. The van der Waals surface area contributed by atoms with Crippen LogP contribution in [0.1, 0.15) is 46.0 Å². The van der Waals surface area contributed by atoms with Gasteiger partial charge in [0.25, 0.3) is 0 Å². The Balaban J connectivity index is 1.87. The summed E-state index contributed by atoms with van der Waals surface area (Å²) in [6.07, 6.45) is 7.47. The molecule has 66 valence electrons. The zero-order valence-corrected chi connectivity index (χ0v) is 7.81. The lowest BCUT2D eigenvalue weighted by molar-refractivity contribution is 0.349. The van der Waals surface area contributed by atoms with E-state index in [0.29, 0.717) is 6.10 Å². The molecule has 0 radical (unpaired) electrons. The van der Waals surface area contributed by atoms with Gasteiger partial charge in [-0.2, -0.15) is 0 Å². The van der Waals surface area contributed by atoms with Crippen molar-refractivity contribution in [2.75, 3.05) is 6.61 Å². The van der Waals surface area contributed by atoms with E-state index >= 15 is 0 Å². The second-order valence-electron chi connectivity index (χ2n) is 3.79. The molecule has 2 atom stereocenters. The molecule has 1 saturated heterocycles. The minimum atomic E-state index is 0.631. The number of unbranched alkanes of at least 4 members (excludes halogenated alkanes) is 2. The third-order valence-corrected chi connectivity index (χ3v) is 2.37. The molecule has 0 aromatic heterocycles. The molecule has 0 aliphatic carbocycles. The molecule has 11 heavy (non-hydrogen) atoms. The summed E-state index contributed by atoms with van der Waals surface area (Å²) in [5.41, 5.74) is 0. The van der Waals surface area contributed by atoms with Gasteiger partial charge in [-0.3, -0.25) is 0 Å². The molecule has 1 aliphatic rings. The molecule has 1 heteroatoms. The van der Waals surface area contributed by atoms with Crippen molar-refractivity contribution in [2.45, 2.75) is 52.1 Å². The van der Waals surface area contributed by atoms with Crippen LogP contribution in [0.4, 0.5) is 0 Å². The maximum Gasteiger partial charge on any atom is 0.0812 e. The van der Waals surface area contributed by atoms with Gasteiger partial charge < -0.3 is 4.74 Å². The molecule has 0 unspecified atom stereocenters. The fraction of sp³-hybridized carbons (Fsp3) is 1.00. The lowest BCUT2D eigenvalue weighted by atomic mass is 9.99. The molecule has 1 heterocycles. The summed E-state index contributed by atoms with van der Waals surface area (Å²) in [5, 5.41) is 0. The number of hydrogen-bond acceptors (Lipinski definition) is 1. The highest BCUT2D eigenvalue weighted by Gasteiger charge is 2.24. The maximum atomic E-state index is 5.19. The molecule has 1 nitrogen and oxygen atoms in total. The highest BCUT2D eigenvalue weighted by Crippen LogP contribution is 2.22. The second-order valence-corrected chi connectivity index (χ2v) is 3.79. The Kier molecular flexibility index (Phi) is 3.92. The van der Waals surface area contributed by atoms with Crippen molar-refractivity contribution in [3.05, 3.63) is 0 Å². The Bertz CT molecular complexity index is 97.0. The van der Waals surface area contributed by atoms with Crippen LogP contribution in [0.25, 0.3) is 0 Å². The van der Waals surface area contributed by atoms with Crippen LogP contribution in [0, 0.1) is 5.92 Å². The maximum absolute atomic E-state index is 5.19. The lowest BCUT2D eigenvalue weighted by Crippen LogP contribution is -1.99. The molecule has 1 rings (SSSR count). The second kappa shape index (κ2) is 4.76. The first-order valence-corrected chi connectivity index (χ1v) is 4.94. The van der Waals surface area contributed by atoms with Gasteiger partial charge >= 0.3 is 0 Å². The van der Waals surface area contributed by atoms with Gasteiger partial charge in [0, 0.05) is 0 Å². The van der Waals surface area contributed by atoms with Crippen molar-refractivity contribution in [1.29, 1.82) is 0 Å². The topological polar surface area (TPSA) is 12.5 Å². The van der Waals surface area contributed by atoms with Crippen LogP contribution < -0.4 is 0 Å². The molecule has 0 amide bonds. The van der Waals surface area contributed by atoms with Crippen molar-refractivity contribution in [1.82, 2.24) is 0 Å². The molecule has 1 fully saturated rings. The molecule has 0 bridgehead atoms. The Morgan fingerprint density at radius 2 is 2.18 bits per heavy atom. The minimum Gasteiger partial charge on any atom is -0.373 e. The first-order chi connectivity index (χ1) is 5.33. The number of rotatable bonds is 6. The van der Waals surface area contributed by atoms with Crippen LogP contribution in [0.5, 0.6) is 0 Å². The van der Waals surface area contributed by atoms with Crippen molar-refractivity contribution in [3.8, 4) is 0 Å². The zero-order chi connectivity index (χ0) is 8.10. The largest absolute Gasteiger partial charge is 0.373 e. The van der Waals surface area contributed by atoms with E-state index in [-0.39, 0.29) is 0 Å². The fourth-order valence-electron chi connectivity index (χ4n) is 1.51. The van der Waals surface area contributed by atoms with E-state index < -0.39 is 0 Å². The molecular formula is C10H20O. The van der Waals surface area contributed by atoms with Crippen molar-refractivity contribution < 1.29 is 4.74 Å². The SMILES string of the molecule is CCCCC[C@@H](C)C[C@H]1CO1. The highest BCUT2D eigenvalue weighted by molar-refractivity contribution is 4.71. The van der Waals surface area contributed by atoms with E-state index in [1.54, 1.807) is 0 Å². The monoisotopic (exact) mass is 156 g/mol. The summed E-state index contributed by atoms with van der Waals surface area (Å²) in [6.45, 7) is 5.63. The van der Waals surface area contributed by atoms with Gasteiger partial charge in [-0.15, -0.1) is 0 Å². The van der Waals surface area contributed by atoms with Gasteiger partial charge in [0.1, 0.15) is 0 Å². The van der Waals surface area contributed by atoms with E-state index in [4.69, 9.17) is 4.74 Å². The molecule has 0 spiro atoms. The summed E-state index contributed by atoms with van der Waals surface area (Å²) < 4.78 is 5.19. The highest BCUT2D eigenvalue weighted by atomic mass is 16.6. The van der Waals surface area contributed by atoms with Gasteiger partial charge in [-0.05, 0) is 12.3 Å². The summed E-state index contributed by atoms with van der Waals surface area (Å²) >= 11 is 0. The Morgan fingerprint density at radius 1 is 1.45 bits per heavy atom. The first kappa shape index (κ1) is 9.05. The minimum absolute atomic E-state index is 0.631. The van der Waals surface area contributed by atoms with Gasteiger partial charge in [-0.25, -0.2) is 0 Å². The van der Waals surface area contributed by atoms with E-state index in [0.717, 1.165) is 12.5 Å². The van der Waals surface area contributed by atoms with Crippen molar-refractivity contribution in [2.24, 2.45) is 5.92 Å². The first-order valence-electron chi connectivity index (χ1n) is 4.94. The van der Waals surface area contributed by atoms with Crippen LogP contribution >= 0.6 is 0 Å². The van der Waals surface area contributed by atoms with Crippen LogP contribution in [0.2, 0.25) is 0 Å². The predicted octanol–water partition coefficient (Wildman–Crippen LogP) is 2.99. The molecule has 0 aromatic carbocycles. The predicted molar refractivity (Wildman–Crippen MR) is 47.7 cm³/mol. The van der Waals surface area contributed by atoms with E-state index in [2.05, 4.69) is 13.8 Å². The Labute approximate surface area is 70.1 Å². The number of hydrogen-bond donors (Lipinski definition) is 0. The molecule has 0 aromatic rings. The third-order valence-electron chi connectivity index (χ3n) is 2.37. The molecular weight excluding hydrogens is 136 g/mol. The summed E-state index contributed by atoms with van der Waals surface area (Å²) in [7, 11) is 0.